The number of ketones is 1. The lowest BCUT2D eigenvalue weighted by molar-refractivity contribution is -0.00473. The first kappa shape index (κ1) is 15.7. The van der Waals surface area contributed by atoms with Gasteiger partial charge in [0.25, 0.3) is 0 Å². The third-order valence-electron chi connectivity index (χ3n) is 3.81. The Morgan fingerprint density at radius 1 is 1.40 bits per heavy atom. The van der Waals surface area contributed by atoms with Crippen molar-refractivity contribution in [2.75, 3.05) is 26.3 Å². The Labute approximate surface area is 128 Å². The summed E-state index contributed by atoms with van der Waals surface area (Å²) in [5.74, 6) is 0.0949. The van der Waals surface area contributed by atoms with Gasteiger partial charge in [0.1, 0.15) is 5.69 Å². The van der Waals surface area contributed by atoms with Gasteiger partial charge in [-0.15, -0.1) is 0 Å². The number of rotatable bonds is 4. The molecule has 1 saturated heterocycles. The van der Waals surface area contributed by atoms with Crippen LogP contribution in [0.25, 0.3) is 0 Å². The summed E-state index contributed by atoms with van der Waals surface area (Å²) >= 11 is 3.46. The molecule has 0 aromatic carbocycles. The molecule has 0 aliphatic carbocycles. The lowest BCUT2D eigenvalue weighted by atomic mass is 9.93. The molecule has 20 heavy (non-hydrogen) atoms. The van der Waals surface area contributed by atoms with Gasteiger partial charge in [0.2, 0.25) is 5.78 Å². The number of nitrogens with zero attached hydrogens (tertiary/aromatic N) is 3. The Morgan fingerprint density at radius 3 is 2.55 bits per heavy atom. The summed E-state index contributed by atoms with van der Waals surface area (Å²) in [6.07, 6.45) is 1.70. The number of carbonyl (C=O) groups is 1. The molecule has 0 atom stereocenters. The van der Waals surface area contributed by atoms with Gasteiger partial charge in [0.15, 0.2) is 0 Å². The summed E-state index contributed by atoms with van der Waals surface area (Å²) < 4.78 is 7.92. The fraction of sp³-hybridized carbons (Fsp3) is 0.714. The van der Waals surface area contributed by atoms with Crippen molar-refractivity contribution in [2.45, 2.75) is 39.3 Å². The standard InChI is InChI=1S/C14H22BrN3O2/c1-10(2)18-12(11(15)9-16-18)13(19)14(3,4)17-5-7-20-8-6-17/h9-10H,5-8H2,1-4H3. The number of hydrogen-bond donors (Lipinski definition) is 0. The van der Waals surface area contributed by atoms with Gasteiger partial charge in [0, 0.05) is 19.1 Å². The van der Waals surface area contributed by atoms with Gasteiger partial charge in [-0.1, -0.05) is 0 Å². The molecule has 0 radical (unpaired) electrons. The van der Waals surface area contributed by atoms with Gasteiger partial charge >= 0.3 is 0 Å². The highest BCUT2D eigenvalue weighted by Crippen LogP contribution is 2.27. The fourth-order valence-corrected chi connectivity index (χ4v) is 2.95. The van der Waals surface area contributed by atoms with Crippen LogP contribution in [0, 0.1) is 0 Å². The summed E-state index contributed by atoms with van der Waals surface area (Å²) in [5, 5.41) is 4.30. The Bertz CT molecular complexity index is 491. The highest BCUT2D eigenvalue weighted by molar-refractivity contribution is 9.10. The molecule has 0 saturated carbocycles. The second-order valence-electron chi connectivity index (χ2n) is 5.87. The summed E-state index contributed by atoms with van der Waals surface area (Å²) in [4.78, 5) is 15.2. The van der Waals surface area contributed by atoms with Crippen LogP contribution in [0.4, 0.5) is 0 Å². The van der Waals surface area contributed by atoms with E-state index >= 15 is 0 Å². The molecule has 1 fully saturated rings. The van der Waals surface area contributed by atoms with Gasteiger partial charge < -0.3 is 4.74 Å². The number of halogens is 1. The van der Waals surface area contributed by atoms with Crippen LogP contribution < -0.4 is 0 Å². The first-order valence-electron chi connectivity index (χ1n) is 6.96. The number of hydrogen-bond acceptors (Lipinski definition) is 4. The van der Waals surface area contributed by atoms with Crippen LogP contribution in [0.5, 0.6) is 0 Å². The third kappa shape index (κ3) is 2.82. The average Bonchev–Trinajstić information content (AvgIpc) is 2.80. The third-order valence-corrected chi connectivity index (χ3v) is 4.39. The highest BCUT2D eigenvalue weighted by Gasteiger charge is 2.38. The van der Waals surface area contributed by atoms with Crippen LogP contribution in [-0.4, -0.2) is 52.3 Å². The lowest BCUT2D eigenvalue weighted by Crippen LogP contribution is -2.54. The highest BCUT2D eigenvalue weighted by atomic mass is 79.9. The number of Topliss-reactive ketones (excluding diaryl/α,β-unsaturated/α-hetero) is 1. The van der Waals surface area contributed by atoms with E-state index in [1.165, 1.54) is 0 Å². The Hall–Kier alpha value is -0.720. The van der Waals surface area contributed by atoms with E-state index in [-0.39, 0.29) is 11.8 Å². The molecule has 0 spiro atoms. The lowest BCUT2D eigenvalue weighted by Gasteiger charge is -2.39. The van der Waals surface area contributed by atoms with Gasteiger partial charge in [-0.25, -0.2) is 0 Å². The molecule has 0 bridgehead atoms. The molecule has 2 heterocycles. The molecule has 112 valence electrons. The quantitative estimate of drug-likeness (QED) is 0.788. The maximum absolute atomic E-state index is 13.0. The van der Waals surface area contributed by atoms with Crippen molar-refractivity contribution in [3.63, 3.8) is 0 Å². The van der Waals surface area contributed by atoms with E-state index < -0.39 is 5.54 Å². The van der Waals surface area contributed by atoms with Gasteiger partial charge in [0.05, 0.1) is 29.4 Å². The summed E-state index contributed by atoms with van der Waals surface area (Å²) in [6.45, 7) is 10.9. The maximum Gasteiger partial charge on any atom is 0.201 e. The van der Waals surface area contributed by atoms with Crippen molar-refractivity contribution in [1.29, 1.82) is 0 Å². The molecule has 0 N–H and O–H groups in total. The number of ether oxygens (including phenoxy) is 1. The van der Waals surface area contributed by atoms with Crippen molar-refractivity contribution in [3.8, 4) is 0 Å². The van der Waals surface area contributed by atoms with Crippen molar-refractivity contribution >= 4 is 21.7 Å². The predicted molar refractivity (Wildman–Crippen MR) is 81.1 cm³/mol. The molecule has 1 aromatic heterocycles. The van der Waals surface area contributed by atoms with E-state index in [9.17, 15) is 4.79 Å². The Kier molecular flexibility index (Phi) is 4.66. The van der Waals surface area contributed by atoms with Gasteiger partial charge in [-0.05, 0) is 43.6 Å². The molecule has 1 aromatic rings. The van der Waals surface area contributed by atoms with Crippen LogP contribution in [0.3, 0.4) is 0 Å². The molecule has 5 nitrogen and oxygen atoms in total. The van der Waals surface area contributed by atoms with Crippen LogP contribution in [0.1, 0.15) is 44.2 Å². The van der Waals surface area contributed by atoms with Gasteiger partial charge in [-0.2, -0.15) is 5.10 Å². The smallest absolute Gasteiger partial charge is 0.201 e. The minimum atomic E-state index is -0.557. The van der Waals surface area contributed by atoms with E-state index in [1.807, 2.05) is 27.7 Å². The molecule has 6 heteroatoms. The fourth-order valence-electron chi connectivity index (χ4n) is 2.50. The molecule has 1 aliphatic rings. The van der Waals surface area contributed by atoms with Crippen LogP contribution in [0.2, 0.25) is 0 Å². The summed E-state index contributed by atoms with van der Waals surface area (Å²) in [6, 6.07) is 0.153. The van der Waals surface area contributed by atoms with Gasteiger partial charge in [-0.3, -0.25) is 14.4 Å². The number of carbonyl (C=O) groups excluding carboxylic acids is 1. The SMILES string of the molecule is CC(C)n1ncc(Br)c1C(=O)C(C)(C)N1CCOCC1. The first-order valence-corrected chi connectivity index (χ1v) is 7.75. The zero-order valence-corrected chi connectivity index (χ0v) is 14.1. The molecule has 1 aliphatic heterocycles. The normalized spacial score (nSPS) is 17.7. The average molecular weight is 344 g/mol. The minimum Gasteiger partial charge on any atom is -0.379 e. The topological polar surface area (TPSA) is 47.4 Å². The molecule has 0 unspecified atom stereocenters. The van der Waals surface area contributed by atoms with Crippen LogP contribution in [-0.2, 0) is 4.74 Å². The van der Waals surface area contributed by atoms with Crippen LogP contribution in [0.15, 0.2) is 10.7 Å². The predicted octanol–water partition coefficient (Wildman–Crippen LogP) is 2.52. The second kappa shape index (κ2) is 5.95. The van der Waals surface area contributed by atoms with E-state index in [2.05, 4.69) is 25.9 Å². The van der Waals surface area contributed by atoms with E-state index in [0.29, 0.717) is 18.9 Å². The molecule has 0 amide bonds. The second-order valence-corrected chi connectivity index (χ2v) is 6.72. The first-order chi connectivity index (χ1) is 9.35. The van der Waals surface area contributed by atoms with Crippen molar-refractivity contribution < 1.29 is 9.53 Å². The van der Waals surface area contributed by atoms with Crippen molar-refractivity contribution in [1.82, 2.24) is 14.7 Å². The summed E-state index contributed by atoms with van der Waals surface area (Å²) in [5.41, 5.74) is 0.0930. The Morgan fingerprint density at radius 2 is 2.00 bits per heavy atom. The maximum atomic E-state index is 13.0. The largest absolute Gasteiger partial charge is 0.379 e. The molecular weight excluding hydrogens is 322 g/mol. The summed E-state index contributed by atoms with van der Waals surface area (Å²) in [7, 11) is 0. The van der Waals surface area contributed by atoms with Crippen molar-refractivity contribution in [3.05, 3.63) is 16.4 Å². The van der Waals surface area contributed by atoms with Crippen LogP contribution >= 0.6 is 15.9 Å². The number of aromatic nitrogens is 2. The zero-order valence-electron chi connectivity index (χ0n) is 12.5. The monoisotopic (exact) mass is 343 g/mol. The minimum absolute atomic E-state index is 0.0949. The number of morpholine rings is 1. The molecular formula is C14H22BrN3O2. The van der Waals surface area contributed by atoms with E-state index in [0.717, 1.165) is 17.6 Å². The van der Waals surface area contributed by atoms with E-state index in [1.54, 1.807) is 10.9 Å². The van der Waals surface area contributed by atoms with E-state index in [4.69, 9.17) is 4.74 Å². The molecule has 2 rings (SSSR count). The zero-order chi connectivity index (χ0) is 14.9. The Balaban J connectivity index is 2.32. The van der Waals surface area contributed by atoms with Crippen molar-refractivity contribution in [2.24, 2.45) is 0 Å².